The summed E-state index contributed by atoms with van der Waals surface area (Å²) < 4.78 is 4.36. The second kappa shape index (κ2) is 14.2. The van der Waals surface area contributed by atoms with E-state index in [4.69, 9.17) is 25.5 Å². The van der Waals surface area contributed by atoms with E-state index >= 15 is 0 Å². The molecule has 120 valence electrons. The first kappa shape index (κ1) is 21.1. The smallest absolute Gasteiger partial charge is 0.334 e. The van der Waals surface area contributed by atoms with Crippen molar-refractivity contribution in [3.05, 3.63) is 0 Å². The van der Waals surface area contributed by atoms with Gasteiger partial charge in [-0.1, -0.05) is 6.42 Å². The number of carbonyl (C=O) groups is 2. The van der Waals surface area contributed by atoms with E-state index in [0.717, 1.165) is 6.42 Å². The van der Waals surface area contributed by atoms with E-state index < -0.39 is 30.8 Å². The first-order valence-electron chi connectivity index (χ1n) is 6.31. The molecule has 0 rings (SSSR count). The third kappa shape index (κ3) is 16.8. The molecule has 0 aromatic rings. The first-order valence-corrected chi connectivity index (χ1v) is 6.31. The number of esters is 1. The zero-order valence-corrected chi connectivity index (χ0v) is 11.6. The number of unbranched alkanes of at least 4 members (excludes halogenated alkanes) is 2. The molecule has 2 unspecified atom stereocenters. The van der Waals surface area contributed by atoms with Gasteiger partial charge in [0.1, 0.15) is 18.8 Å². The van der Waals surface area contributed by atoms with Crippen molar-refractivity contribution in [3.8, 4) is 0 Å². The van der Waals surface area contributed by atoms with Crippen LogP contribution in [0.4, 0.5) is 0 Å². The fourth-order valence-electron chi connectivity index (χ4n) is 0.916. The minimum Gasteiger partial charge on any atom is -0.481 e. The fraction of sp³-hybridized carbons (Fsp3) is 0.833. The standard InChI is InChI=1S/C6H12O5.C6H12O3/c1-4(8)6(10)11-3-5(9)2-7;7-5-3-1-2-4-6(8)9/h4-5,7-9H,2-3H2,1H3;7H,1-5H2,(H,8,9). The van der Waals surface area contributed by atoms with Gasteiger partial charge in [0, 0.05) is 13.0 Å². The van der Waals surface area contributed by atoms with Crippen molar-refractivity contribution in [1.29, 1.82) is 0 Å². The molecule has 0 radical (unpaired) electrons. The molecular formula is C12H24O8. The summed E-state index contributed by atoms with van der Waals surface area (Å²) in [4.78, 5) is 20.4. The van der Waals surface area contributed by atoms with E-state index in [2.05, 4.69) is 4.74 Å². The number of hydrogen-bond acceptors (Lipinski definition) is 7. The predicted molar refractivity (Wildman–Crippen MR) is 68.9 cm³/mol. The number of carboxylic acids is 1. The van der Waals surface area contributed by atoms with Crippen molar-refractivity contribution in [3.63, 3.8) is 0 Å². The Labute approximate surface area is 117 Å². The Morgan fingerprint density at radius 1 is 1.10 bits per heavy atom. The van der Waals surface area contributed by atoms with Gasteiger partial charge in [-0.2, -0.15) is 0 Å². The van der Waals surface area contributed by atoms with Gasteiger partial charge in [-0.3, -0.25) is 4.79 Å². The molecule has 5 N–H and O–H groups in total. The van der Waals surface area contributed by atoms with Crippen LogP contribution in [0.25, 0.3) is 0 Å². The predicted octanol–water partition coefficient (Wildman–Crippen LogP) is -1.11. The van der Waals surface area contributed by atoms with Crippen LogP contribution in [0.15, 0.2) is 0 Å². The van der Waals surface area contributed by atoms with Crippen molar-refractivity contribution < 1.29 is 39.9 Å². The Hall–Kier alpha value is -1.22. The summed E-state index contributed by atoms with van der Waals surface area (Å²) in [5.74, 6) is -1.56. The Kier molecular flexibility index (Phi) is 15.0. The van der Waals surface area contributed by atoms with E-state index in [0.29, 0.717) is 12.8 Å². The molecule has 0 saturated carbocycles. The summed E-state index contributed by atoms with van der Waals surface area (Å²) >= 11 is 0. The van der Waals surface area contributed by atoms with Gasteiger partial charge in [0.05, 0.1) is 6.61 Å². The topological polar surface area (TPSA) is 145 Å². The third-order valence-corrected chi connectivity index (χ3v) is 2.02. The molecule has 0 aliphatic heterocycles. The zero-order valence-electron chi connectivity index (χ0n) is 11.6. The van der Waals surface area contributed by atoms with E-state index in [-0.39, 0.29) is 19.6 Å². The van der Waals surface area contributed by atoms with Crippen molar-refractivity contribution >= 4 is 11.9 Å². The van der Waals surface area contributed by atoms with Crippen molar-refractivity contribution in [2.75, 3.05) is 19.8 Å². The number of aliphatic carboxylic acids is 1. The van der Waals surface area contributed by atoms with Crippen LogP contribution in [0.3, 0.4) is 0 Å². The number of aliphatic hydroxyl groups is 4. The highest BCUT2D eigenvalue weighted by molar-refractivity contribution is 5.73. The lowest BCUT2D eigenvalue weighted by molar-refractivity contribution is -0.156. The van der Waals surface area contributed by atoms with Crippen molar-refractivity contribution in [1.82, 2.24) is 0 Å². The van der Waals surface area contributed by atoms with Gasteiger partial charge in [0.25, 0.3) is 0 Å². The molecule has 20 heavy (non-hydrogen) atoms. The van der Waals surface area contributed by atoms with Crippen LogP contribution in [-0.2, 0) is 14.3 Å². The molecule has 2 atom stereocenters. The molecule has 0 aromatic carbocycles. The Morgan fingerprint density at radius 2 is 1.70 bits per heavy atom. The molecule has 0 fully saturated rings. The van der Waals surface area contributed by atoms with E-state index in [9.17, 15) is 9.59 Å². The van der Waals surface area contributed by atoms with E-state index in [1.54, 1.807) is 0 Å². The highest BCUT2D eigenvalue weighted by Gasteiger charge is 2.12. The largest absolute Gasteiger partial charge is 0.481 e. The normalized spacial score (nSPS) is 12.8. The summed E-state index contributed by atoms with van der Waals surface area (Å²) in [6, 6.07) is 0. The quantitative estimate of drug-likeness (QED) is 0.266. The highest BCUT2D eigenvalue weighted by Crippen LogP contribution is 1.97. The Morgan fingerprint density at radius 3 is 2.10 bits per heavy atom. The summed E-state index contributed by atoms with van der Waals surface area (Å²) in [5.41, 5.74) is 0. The van der Waals surface area contributed by atoms with E-state index in [1.807, 2.05) is 0 Å². The van der Waals surface area contributed by atoms with Gasteiger partial charge in [-0.15, -0.1) is 0 Å². The fourth-order valence-corrected chi connectivity index (χ4v) is 0.916. The second-order valence-electron chi connectivity index (χ2n) is 4.07. The maximum absolute atomic E-state index is 10.5. The number of carbonyl (C=O) groups excluding carboxylic acids is 1. The molecule has 0 heterocycles. The zero-order chi connectivity index (χ0) is 16.0. The molecule has 0 saturated heterocycles. The molecule has 8 nitrogen and oxygen atoms in total. The summed E-state index contributed by atoms with van der Waals surface area (Å²) in [5, 5.41) is 42.0. The molecule has 0 amide bonds. The number of aliphatic hydroxyl groups excluding tert-OH is 4. The van der Waals surface area contributed by atoms with Gasteiger partial charge in [-0.05, 0) is 19.8 Å². The van der Waals surface area contributed by atoms with Gasteiger partial charge in [0.2, 0.25) is 0 Å². The second-order valence-corrected chi connectivity index (χ2v) is 4.07. The van der Waals surface area contributed by atoms with Gasteiger partial charge < -0.3 is 30.3 Å². The molecule has 0 aliphatic carbocycles. The summed E-state index contributed by atoms with van der Waals surface area (Å²) in [6.45, 7) is 0.667. The Bertz CT molecular complexity index is 254. The van der Waals surface area contributed by atoms with Crippen LogP contribution in [-0.4, -0.2) is 69.5 Å². The number of carboxylic acid groups (broad SMARTS) is 1. The monoisotopic (exact) mass is 296 g/mol. The van der Waals surface area contributed by atoms with Crippen LogP contribution in [0.5, 0.6) is 0 Å². The maximum atomic E-state index is 10.5. The van der Waals surface area contributed by atoms with Gasteiger partial charge in [0.15, 0.2) is 0 Å². The molecular weight excluding hydrogens is 272 g/mol. The summed E-state index contributed by atoms with van der Waals surface area (Å²) in [7, 11) is 0. The molecule has 0 aromatic heterocycles. The third-order valence-electron chi connectivity index (χ3n) is 2.02. The molecule has 8 heteroatoms. The van der Waals surface area contributed by atoms with Crippen LogP contribution in [0, 0.1) is 0 Å². The lowest BCUT2D eigenvalue weighted by atomic mass is 10.2. The number of rotatable bonds is 9. The van der Waals surface area contributed by atoms with Crippen LogP contribution in [0.2, 0.25) is 0 Å². The average Bonchev–Trinajstić information content (AvgIpc) is 2.40. The average molecular weight is 296 g/mol. The Balaban J connectivity index is 0. The first-order chi connectivity index (χ1) is 9.34. The van der Waals surface area contributed by atoms with Crippen molar-refractivity contribution in [2.45, 2.75) is 44.8 Å². The van der Waals surface area contributed by atoms with Gasteiger partial charge in [-0.25, -0.2) is 4.79 Å². The number of hydrogen-bond donors (Lipinski definition) is 5. The lowest BCUT2D eigenvalue weighted by Crippen LogP contribution is -2.26. The van der Waals surface area contributed by atoms with Crippen LogP contribution in [0.1, 0.15) is 32.6 Å². The molecule has 0 bridgehead atoms. The summed E-state index contributed by atoms with van der Waals surface area (Å²) in [6.07, 6.45) is 0.157. The molecule has 0 spiro atoms. The van der Waals surface area contributed by atoms with Gasteiger partial charge >= 0.3 is 11.9 Å². The minimum absolute atomic E-state index is 0.166. The van der Waals surface area contributed by atoms with Crippen molar-refractivity contribution in [2.24, 2.45) is 0 Å². The number of ether oxygens (including phenoxy) is 1. The lowest BCUT2D eigenvalue weighted by Gasteiger charge is -2.09. The van der Waals surface area contributed by atoms with E-state index in [1.165, 1.54) is 6.92 Å². The molecule has 0 aliphatic rings. The van der Waals surface area contributed by atoms with Crippen LogP contribution >= 0.6 is 0 Å². The van der Waals surface area contributed by atoms with Crippen LogP contribution < -0.4 is 0 Å². The SMILES string of the molecule is CC(O)C(=O)OCC(O)CO.O=C(O)CCCCCO. The minimum atomic E-state index is -1.19. The maximum Gasteiger partial charge on any atom is 0.334 e. The highest BCUT2D eigenvalue weighted by atomic mass is 16.6.